The van der Waals surface area contributed by atoms with Crippen molar-refractivity contribution in [2.24, 2.45) is 11.8 Å². The number of nitrogens with one attached hydrogen (secondary N) is 1. The highest BCUT2D eigenvalue weighted by atomic mass is 35.5. The molecule has 4 aromatic rings. The van der Waals surface area contributed by atoms with Crippen molar-refractivity contribution < 1.29 is 29.0 Å². The van der Waals surface area contributed by atoms with E-state index in [1.165, 1.54) is 69.1 Å². The fourth-order valence-corrected chi connectivity index (χ4v) is 10.6. The van der Waals surface area contributed by atoms with Crippen LogP contribution in [-0.2, 0) is 13.1 Å². The fourth-order valence-electron chi connectivity index (χ4n) is 10.6. The van der Waals surface area contributed by atoms with Gasteiger partial charge in [0.15, 0.2) is 0 Å². The molecule has 4 atom stereocenters. The first-order chi connectivity index (χ1) is 28.5. The van der Waals surface area contributed by atoms with Crippen LogP contribution in [0.1, 0.15) is 113 Å². The Labute approximate surface area is 361 Å². The molecule has 328 valence electrons. The molecule has 4 aliphatic rings. The van der Waals surface area contributed by atoms with Gasteiger partial charge in [-0.05, 0) is 77.3 Å². The minimum atomic E-state index is -0.931. The van der Waals surface area contributed by atoms with Crippen LogP contribution in [0.4, 0.5) is 4.79 Å². The molecule has 4 unspecified atom stereocenters. The van der Waals surface area contributed by atoms with Gasteiger partial charge in [-0.15, -0.1) is 12.4 Å². The summed E-state index contributed by atoms with van der Waals surface area (Å²) in [6.07, 6.45) is 16.0. The first-order valence-electron chi connectivity index (χ1n) is 22.2. The molecule has 2 aromatic heterocycles. The molecule has 2 saturated heterocycles. The van der Waals surface area contributed by atoms with E-state index in [9.17, 15) is 19.5 Å². The lowest BCUT2D eigenvalue weighted by atomic mass is 9.89. The second kappa shape index (κ2) is 20.0. The van der Waals surface area contributed by atoms with Gasteiger partial charge in [0.25, 0.3) is 11.8 Å². The summed E-state index contributed by atoms with van der Waals surface area (Å²) >= 11 is 0. The van der Waals surface area contributed by atoms with E-state index in [-0.39, 0.29) is 48.4 Å². The predicted molar refractivity (Wildman–Crippen MR) is 240 cm³/mol. The lowest BCUT2D eigenvalue weighted by molar-refractivity contribution is 0.0300. The molecule has 2 N–H and O–H groups in total. The highest BCUT2D eigenvalue weighted by Gasteiger charge is 2.37. The van der Waals surface area contributed by atoms with Crippen molar-refractivity contribution in [1.29, 1.82) is 0 Å². The largest absolute Gasteiger partial charge is 0.495 e. The third-order valence-electron chi connectivity index (χ3n) is 13.5. The van der Waals surface area contributed by atoms with Gasteiger partial charge < -0.3 is 43.7 Å². The van der Waals surface area contributed by atoms with Gasteiger partial charge in [0.1, 0.15) is 11.5 Å². The monoisotopic (exact) mass is 846 g/mol. The van der Waals surface area contributed by atoms with Crippen molar-refractivity contribution in [2.75, 3.05) is 40.4 Å². The number of aromatic nitrogens is 2. The molecular weight excluding hydrogens is 780 g/mol. The minimum Gasteiger partial charge on any atom is -0.495 e. The van der Waals surface area contributed by atoms with Crippen molar-refractivity contribution in [2.45, 2.75) is 129 Å². The second-order valence-electron chi connectivity index (χ2n) is 17.8. The third kappa shape index (κ3) is 9.39. The number of amides is 3. The van der Waals surface area contributed by atoms with Crippen molar-refractivity contribution in [3.8, 4) is 11.5 Å². The smallest absolute Gasteiger partial charge is 0.407 e. The summed E-state index contributed by atoms with van der Waals surface area (Å²) in [6.45, 7) is 12.3. The molecule has 8 rings (SSSR count). The van der Waals surface area contributed by atoms with Crippen LogP contribution in [0, 0.1) is 11.8 Å². The number of nitrogens with zero attached hydrogens (tertiary/aromatic N) is 5. The van der Waals surface area contributed by atoms with E-state index in [2.05, 4.69) is 45.5 Å². The van der Waals surface area contributed by atoms with Crippen LogP contribution in [0.5, 0.6) is 11.5 Å². The number of hydrogen-bond acceptors (Lipinski definition) is 6. The zero-order valence-electron chi connectivity index (χ0n) is 36.5. The normalized spacial score (nSPS) is 22.9. The lowest BCUT2D eigenvalue weighted by Crippen LogP contribution is -2.59. The SMILES string of the molecule is COc1cccc2c(C(=O)N3C(C)CN(C(=O)O)CC3C)cn(CC3CCCCC3)c12.COc1cccc2c(C(=O)N3C(C)CNCC3C)cn(CC3CCCCC3)c12.Cl. The lowest BCUT2D eigenvalue weighted by Gasteiger charge is -2.43. The Hall–Kier alpha value is -4.42. The summed E-state index contributed by atoms with van der Waals surface area (Å²) in [4.78, 5) is 44.0. The minimum absolute atomic E-state index is 0. The zero-order chi connectivity index (χ0) is 41.8. The number of hydrogen-bond donors (Lipinski definition) is 2. The summed E-state index contributed by atoms with van der Waals surface area (Å²) in [7, 11) is 3.39. The molecule has 2 saturated carbocycles. The Balaban J connectivity index is 0.000000199. The molecule has 2 aliphatic heterocycles. The highest BCUT2D eigenvalue weighted by molar-refractivity contribution is 6.09. The summed E-state index contributed by atoms with van der Waals surface area (Å²) in [5.74, 6) is 3.05. The maximum Gasteiger partial charge on any atom is 0.407 e. The highest BCUT2D eigenvalue weighted by Crippen LogP contribution is 2.36. The molecule has 0 radical (unpaired) electrons. The number of rotatable bonds is 8. The van der Waals surface area contributed by atoms with Crippen LogP contribution < -0.4 is 14.8 Å². The van der Waals surface area contributed by atoms with E-state index >= 15 is 0 Å². The molecule has 2 aromatic carbocycles. The van der Waals surface area contributed by atoms with Gasteiger partial charge in [0, 0.05) is 86.6 Å². The van der Waals surface area contributed by atoms with Crippen molar-refractivity contribution in [1.82, 2.24) is 29.2 Å². The predicted octanol–water partition coefficient (Wildman–Crippen LogP) is 8.92. The number of benzene rings is 2. The number of para-hydroxylation sites is 2. The van der Waals surface area contributed by atoms with Gasteiger partial charge in [-0.25, -0.2) is 4.79 Å². The van der Waals surface area contributed by atoms with E-state index in [4.69, 9.17) is 9.47 Å². The molecule has 60 heavy (non-hydrogen) atoms. The number of carbonyl (C=O) groups excluding carboxylic acids is 2. The van der Waals surface area contributed by atoms with Gasteiger partial charge in [0.05, 0.1) is 36.4 Å². The number of ether oxygens (including phenoxy) is 2. The molecular formula is C47H67ClN6O6. The van der Waals surface area contributed by atoms with Gasteiger partial charge in [-0.2, -0.15) is 0 Å². The number of fused-ring (bicyclic) bond motifs is 2. The molecule has 0 spiro atoms. The van der Waals surface area contributed by atoms with E-state index in [1.54, 1.807) is 14.2 Å². The quantitative estimate of drug-likeness (QED) is 0.182. The number of halogens is 1. The van der Waals surface area contributed by atoms with Crippen LogP contribution in [0.25, 0.3) is 21.8 Å². The molecule has 4 fully saturated rings. The Kier molecular flexibility index (Phi) is 15.0. The Morgan fingerprint density at radius 2 is 1.03 bits per heavy atom. The third-order valence-corrected chi connectivity index (χ3v) is 13.5. The number of carbonyl (C=O) groups is 3. The van der Waals surface area contributed by atoms with Crippen LogP contribution >= 0.6 is 12.4 Å². The van der Waals surface area contributed by atoms with Gasteiger partial charge in [-0.3, -0.25) is 9.59 Å². The summed E-state index contributed by atoms with van der Waals surface area (Å²) in [6, 6.07) is 12.0. The van der Waals surface area contributed by atoms with E-state index in [0.717, 1.165) is 65.0 Å². The molecule has 3 amide bonds. The Bertz CT molecular complexity index is 2080. The zero-order valence-corrected chi connectivity index (χ0v) is 37.3. The van der Waals surface area contributed by atoms with Crippen LogP contribution in [0.2, 0.25) is 0 Å². The molecule has 0 bridgehead atoms. The first-order valence-corrected chi connectivity index (χ1v) is 22.2. The molecule has 12 nitrogen and oxygen atoms in total. The van der Waals surface area contributed by atoms with Crippen LogP contribution in [0.15, 0.2) is 48.8 Å². The van der Waals surface area contributed by atoms with Gasteiger partial charge in [-0.1, -0.05) is 62.8 Å². The molecule has 4 heterocycles. The molecule has 2 aliphatic carbocycles. The van der Waals surface area contributed by atoms with E-state index < -0.39 is 6.09 Å². The van der Waals surface area contributed by atoms with Crippen molar-refractivity contribution in [3.05, 3.63) is 59.9 Å². The maximum absolute atomic E-state index is 13.7. The standard InChI is InChI=1S/C24H33N3O4.C23H33N3O2.ClH/c1-16-12-26(24(29)30)13-17(2)27(16)23(28)20-15-25(14-18-8-5-4-6-9-18)22-19(20)10-7-11-21(22)31-3;1-16-12-24-13-17(2)26(16)23(27)20-15-25(14-18-8-5-4-6-9-18)22-19(20)10-7-11-21(22)28-3;/h7,10-11,15-18H,4-6,8-9,12-14H2,1-3H3,(H,29,30);7,10-11,15-18,24H,4-6,8-9,12-14H2,1-3H3;1H. The van der Waals surface area contributed by atoms with Crippen LogP contribution in [-0.4, -0.2) is 111 Å². The van der Waals surface area contributed by atoms with Gasteiger partial charge in [0.2, 0.25) is 0 Å². The van der Waals surface area contributed by atoms with Gasteiger partial charge >= 0.3 is 6.09 Å². The fraction of sp³-hybridized carbons (Fsp3) is 0.596. The number of carboxylic acid groups (broad SMARTS) is 1. The maximum atomic E-state index is 13.7. The number of methoxy groups -OCH3 is 2. The van der Waals surface area contributed by atoms with Crippen LogP contribution in [0.3, 0.4) is 0 Å². The topological polar surface area (TPSA) is 122 Å². The summed E-state index contributed by atoms with van der Waals surface area (Å²) in [5.41, 5.74) is 3.52. The summed E-state index contributed by atoms with van der Waals surface area (Å²) < 4.78 is 15.8. The Morgan fingerprint density at radius 3 is 1.42 bits per heavy atom. The Morgan fingerprint density at radius 1 is 0.633 bits per heavy atom. The molecule has 13 heteroatoms. The average molecular weight is 848 g/mol. The average Bonchev–Trinajstić information content (AvgIpc) is 3.80. The number of piperazine rings is 2. The second-order valence-corrected chi connectivity index (χ2v) is 17.8. The van der Waals surface area contributed by atoms with E-state index in [1.807, 2.05) is 55.3 Å². The van der Waals surface area contributed by atoms with Crippen molar-refractivity contribution >= 4 is 52.1 Å². The van der Waals surface area contributed by atoms with Crippen molar-refractivity contribution in [3.63, 3.8) is 0 Å². The summed E-state index contributed by atoms with van der Waals surface area (Å²) in [5, 5.41) is 14.7. The van der Waals surface area contributed by atoms with E-state index in [0.29, 0.717) is 30.5 Å². The first kappa shape index (κ1) is 45.1.